The Labute approximate surface area is 113 Å². The third-order valence-corrected chi connectivity index (χ3v) is 5.17. The lowest BCUT2D eigenvalue weighted by atomic mass is 9.95. The molecule has 1 aliphatic rings. The molecule has 2 rings (SSSR count). The van der Waals surface area contributed by atoms with Crippen LogP contribution in [0.25, 0.3) is 0 Å². The number of ether oxygens (including phenoxy) is 1. The Morgan fingerprint density at radius 3 is 3.00 bits per heavy atom. The quantitative estimate of drug-likeness (QED) is 0.893. The van der Waals surface area contributed by atoms with Crippen LogP contribution in [-0.2, 0) is 6.54 Å². The topological polar surface area (TPSA) is 47.3 Å². The maximum Gasteiger partial charge on any atom is 0.162 e. The summed E-state index contributed by atoms with van der Waals surface area (Å²) in [6.07, 6.45) is 4.39. The molecule has 0 radical (unpaired) electrons. The van der Waals surface area contributed by atoms with Gasteiger partial charge in [0.1, 0.15) is 11.8 Å². The van der Waals surface area contributed by atoms with Crippen molar-refractivity contribution in [3.63, 3.8) is 0 Å². The molecule has 1 aromatic heterocycles. The van der Waals surface area contributed by atoms with Gasteiger partial charge in [0.05, 0.1) is 13.3 Å². The standard InChI is InChI=1S/C13H22N2O2S/c1-4-7-15-11(10(17-3)9-14-15)12(16)13(2)6-5-8-18-13/h9,12,16H,4-8H2,1-3H3. The predicted octanol–water partition coefficient (Wildman–Crippen LogP) is 2.62. The van der Waals surface area contributed by atoms with E-state index in [2.05, 4.69) is 18.9 Å². The normalized spacial score (nSPS) is 25.3. The third-order valence-electron chi connectivity index (χ3n) is 3.59. The lowest BCUT2D eigenvalue weighted by Crippen LogP contribution is -2.28. The highest BCUT2D eigenvalue weighted by Gasteiger charge is 2.40. The van der Waals surface area contributed by atoms with E-state index in [1.165, 1.54) is 6.42 Å². The molecule has 2 unspecified atom stereocenters. The molecule has 0 spiro atoms. The Morgan fingerprint density at radius 2 is 2.44 bits per heavy atom. The first-order chi connectivity index (χ1) is 8.62. The van der Waals surface area contributed by atoms with E-state index in [9.17, 15) is 5.11 Å². The smallest absolute Gasteiger partial charge is 0.162 e. The molecule has 1 aromatic rings. The Morgan fingerprint density at radius 1 is 1.67 bits per heavy atom. The average Bonchev–Trinajstić information content (AvgIpc) is 2.96. The molecule has 2 heterocycles. The number of nitrogens with zero attached hydrogens (tertiary/aromatic N) is 2. The summed E-state index contributed by atoms with van der Waals surface area (Å²) in [5, 5.41) is 15.0. The van der Waals surface area contributed by atoms with Gasteiger partial charge >= 0.3 is 0 Å². The molecule has 2 atom stereocenters. The minimum absolute atomic E-state index is 0.112. The van der Waals surface area contributed by atoms with E-state index >= 15 is 0 Å². The van der Waals surface area contributed by atoms with Crippen LogP contribution in [0.5, 0.6) is 5.75 Å². The number of aliphatic hydroxyl groups excluding tert-OH is 1. The summed E-state index contributed by atoms with van der Waals surface area (Å²) in [6.45, 7) is 5.06. The van der Waals surface area contributed by atoms with Gasteiger partial charge in [-0.15, -0.1) is 0 Å². The van der Waals surface area contributed by atoms with E-state index < -0.39 is 6.10 Å². The molecule has 1 aliphatic heterocycles. The number of hydrogen-bond donors (Lipinski definition) is 1. The van der Waals surface area contributed by atoms with Gasteiger partial charge in [-0.1, -0.05) is 6.92 Å². The lowest BCUT2D eigenvalue weighted by Gasteiger charge is -2.30. The summed E-state index contributed by atoms with van der Waals surface area (Å²) in [5.74, 6) is 1.82. The van der Waals surface area contributed by atoms with Crippen molar-refractivity contribution in [1.82, 2.24) is 9.78 Å². The van der Waals surface area contributed by atoms with Crippen molar-refractivity contribution in [2.24, 2.45) is 0 Å². The van der Waals surface area contributed by atoms with Gasteiger partial charge in [0.15, 0.2) is 5.75 Å². The molecule has 5 heteroatoms. The zero-order chi connectivity index (χ0) is 13.2. The van der Waals surface area contributed by atoms with Crippen molar-refractivity contribution in [1.29, 1.82) is 0 Å². The molecule has 4 nitrogen and oxygen atoms in total. The number of rotatable bonds is 5. The first-order valence-electron chi connectivity index (χ1n) is 6.54. The molecule has 1 fully saturated rings. The number of thioether (sulfide) groups is 1. The van der Waals surface area contributed by atoms with Crippen molar-refractivity contribution in [3.8, 4) is 5.75 Å². The van der Waals surface area contributed by atoms with Crippen molar-refractivity contribution >= 4 is 11.8 Å². The maximum absolute atomic E-state index is 10.7. The molecule has 0 amide bonds. The van der Waals surface area contributed by atoms with Gasteiger partial charge < -0.3 is 9.84 Å². The first-order valence-corrected chi connectivity index (χ1v) is 7.52. The van der Waals surface area contributed by atoms with E-state index in [4.69, 9.17) is 4.74 Å². The Balaban J connectivity index is 2.32. The van der Waals surface area contributed by atoms with Crippen molar-refractivity contribution in [2.45, 2.75) is 50.5 Å². The Bertz CT molecular complexity index is 400. The molecule has 0 aliphatic carbocycles. The maximum atomic E-state index is 10.7. The Hall–Kier alpha value is -0.680. The summed E-state index contributed by atoms with van der Waals surface area (Å²) in [7, 11) is 1.63. The monoisotopic (exact) mass is 270 g/mol. The van der Waals surface area contributed by atoms with Crippen LogP contribution in [0.4, 0.5) is 0 Å². The first kappa shape index (κ1) is 13.7. The van der Waals surface area contributed by atoms with Gasteiger partial charge in [-0.2, -0.15) is 16.9 Å². The van der Waals surface area contributed by atoms with Gasteiger partial charge in [-0.25, -0.2) is 0 Å². The molecule has 18 heavy (non-hydrogen) atoms. The molecule has 0 saturated carbocycles. The molecule has 0 aromatic carbocycles. The molecular weight excluding hydrogens is 248 g/mol. The van der Waals surface area contributed by atoms with E-state index in [0.29, 0.717) is 5.75 Å². The number of hydrogen-bond acceptors (Lipinski definition) is 4. The van der Waals surface area contributed by atoms with E-state index in [-0.39, 0.29) is 4.75 Å². The number of aromatic nitrogens is 2. The summed E-state index contributed by atoms with van der Waals surface area (Å²) in [5.41, 5.74) is 0.830. The Kier molecular flexibility index (Phi) is 4.22. The van der Waals surface area contributed by atoms with E-state index in [0.717, 1.165) is 30.8 Å². The van der Waals surface area contributed by atoms with Gasteiger partial charge in [-0.05, 0) is 31.9 Å². The summed E-state index contributed by atoms with van der Waals surface area (Å²) < 4.78 is 7.12. The molecule has 1 N–H and O–H groups in total. The number of aliphatic hydroxyl groups is 1. The average molecular weight is 270 g/mol. The van der Waals surface area contributed by atoms with E-state index in [1.54, 1.807) is 13.3 Å². The van der Waals surface area contributed by atoms with Crippen LogP contribution in [0, 0.1) is 0 Å². The van der Waals surface area contributed by atoms with Crippen molar-refractivity contribution < 1.29 is 9.84 Å². The second kappa shape index (κ2) is 5.53. The van der Waals surface area contributed by atoms with Crippen LogP contribution in [0.3, 0.4) is 0 Å². The summed E-state index contributed by atoms with van der Waals surface area (Å²) in [6, 6.07) is 0. The van der Waals surface area contributed by atoms with Gasteiger partial charge in [0, 0.05) is 11.3 Å². The van der Waals surface area contributed by atoms with Gasteiger partial charge in [0.2, 0.25) is 0 Å². The van der Waals surface area contributed by atoms with Crippen LogP contribution >= 0.6 is 11.8 Å². The van der Waals surface area contributed by atoms with Crippen molar-refractivity contribution in [2.75, 3.05) is 12.9 Å². The molecule has 0 bridgehead atoms. The van der Waals surface area contributed by atoms with Crippen LogP contribution in [-0.4, -0.2) is 32.5 Å². The van der Waals surface area contributed by atoms with Crippen LogP contribution < -0.4 is 4.74 Å². The fourth-order valence-corrected chi connectivity index (χ4v) is 3.82. The fourth-order valence-electron chi connectivity index (χ4n) is 2.51. The highest BCUT2D eigenvalue weighted by Crippen LogP contribution is 2.48. The number of methoxy groups -OCH3 is 1. The van der Waals surface area contributed by atoms with Crippen molar-refractivity contribution in [3.05, 3.63) is 11.9 Å². The van der Waals surface area contributed by atoms with Crippen LogP contribution in [0.2, 0.25) is 0 Å². The molecule has 102 valence electrons. The largest absolute Gasteiger partial charge is 0.493 e. The third kappa shape index (κ3) is 2.38. The van der Waals surface area contributed by atoms with Crippen LogP contribution in [0.15, 0.2) is 6.20 Å². The molecule has 1 saturated heterocycles. The van der Waals surface area contributed by atoms with E-state index in [1.807, 2.05) is 16.4 Å². The predicted molar refractivity (Wildman–Crippen MR) is 74.1 cm³/mol. The second-order valence-corrected chi connectivity index (χ2v) is 6.62. The highest BCUT2D eigenvalue weighted by atomic mass is 32.2. The minimum atomic E-state index is -0.519. The number of aryl methyl sites for hydroxylation is 1. The zero-order valence-corrected chi connectivity index (χ0v) is 12.2. The molecular formula is C13H22N2O2S. The summed E-state index contributed by atoms with van der Waals surface area (Å²) >= 11 is 1.85. The van der Waals surface area contributed by atoms with Gasteiger partial charge in [-0.3, -0.25) is 4.68 Å². The SMILES string of the molecule is CCCn1ncc(OC)c1C(O)C1(C)CCCS1. The zero-order valence-electron chi connectivity index (χ0n) is 11.3. The fraction of sp³-hybridized carbons (Fsp3) is 0.769. The van der Waals surface area contributed by atoms with Gasteiger partial charge in [0.25, 0.3) is 0 Å². The summed E-state index contributed by atoms with van der Waals surface area (Å²) in [4.78, 5) is 0. The second-order valence-electron chi connectivity index (χ2n) is 4.99. The highest BCUT2D eigenvalue weighted by molar-refractivity contribution is 8.00. The minimum Gasteiger partial charge on any atom is -0.493 e. The lowest BCUT2D eigenvalue weighted by molar-refractivity contribution is 0.121. The van der Waals surface area contributed by atoms with Crippen LogP contribution in [0.1, 0.15) is 44.9 Å².